The molecule has 1 heterocycles. The summed E-state index contributed by atoms with van der Waals surface area (Å²) in [4.78, 5) is 23.8. The van der Waals surface area contributed by atoms with Gasteiger partial charge in [0, 0.05) is 18.4 Å². The van der Waals surface area contributed by atoms with Gasteiger partial charge in [-0.15, -0.1) is 0 Å². The van der Waals surface area contributed by atoms with Gasteiger partial charge in [-0.2, -0.15) is 0 Å². The number of nitrogens with zero attached hydrogens (tertiary/aromatic N) is 1. The molecule has 7 heteroatoms. The van der Waals surface area contributed by atoms with Crippen molar-refractivity contribution in [2.45, 2.75) is 55.0 Å². The van der Waals surface area contributed by atoms with Gasteiger partial charge >= 0.3 is 0 Å². The Bertz CT molecular complexity index is 396. The van der Waals surface area contributed by atoms with E-state index >= 15 is 0 Å². The van der Waals surface area contributed by atoms with Crippen molar-refractivity contribution in [3.8, 4) is 0 Å². The first-order valence-corrected chi connectivity index (χ1v) is 9.03. The molecule has 1 fully saturated rings. The van der Waals surface area contributed by atoms with E-state index in [-0.39, 0.29) is 24.2 Å². The summed E-state index contributed by atoms with van der Waals surface area (Å²) in [5, 5.41) is 0. The van der Waals surface area contributed by atoms with Gasteiger partial charge in [0.1, 0.15) is 0 Å². The van der Waals surface area contributed by atoms with Gasteiger partial charge in [-0.25, -0.2) is 4.31 Å². The highest BCUT2D eigenvalue weighted by Gasteiger charge is 2.42. The van der Waals surface area contributed by atoms with Crippen LogP contribution in [0.25, 0.3) is 0 Å². The van der Waals surface area contributed by atoms with Crippen molar-refractivity contribution >= 4 is 58.6 Å². The molecule has 1 aliphatic rings. The number of alkyl halides is 3. The summed E-state index contributed by atoms with van der Waals surface area (Å²) in [6, 6.07) is 0. The van der Waals surface area contributed by atoms with E-state index in [9.17, 15) is 9.59 Å². The molecule has 1 unspecified atom stereocenters. The number of amides is 2. The minimum Gasteiger partial charge on any atom is -0.273 e. The molecule has 0 aromatic rings. The Morgan fingerprint density at radius 3 is 2.57 bits per heavy atom. The standard InChI is InChI=1S/C14H20Cl3NO2S/c1-2-3-4-5-6-7-8-9-11-10-12(19)18(13(11)20)21-14(15,16)17/h7-8,11H,2-6,9-10H2,1H3. The van der Waals surface area contributed by atoms with Gasteiger partial charge in [0.25, 0.3) is 3.12 Å². The lowest BCUT2D eigenvalue weighted by Gasteiger charge is -2.17. The van der Waals surface area contributed by atoms with Gasteiger partial charge in [-0.1, -0.05) is 73.1 Å². The fraction of sp³-hybridized carbons (Fsp3) is 0.714. The molecule has 3 nitrogen and oxygen atoms in total. The Balaban J connectivity index is 2.35. The maximum atomic E-state index is 12.1. The average Bonchev–Trinajstić information content (AvgIpc) is 2.64. The molecule has 1 aliphatic heterocycles. The lowest BCUT2D eigenvalue weighted by molar-refractivity contribution is -0.132. The van der Waals surface area contributed by atoms with Crippen LogP contribution >= 0.6 is 46.8 Å². The number of hydrogen-bond donors (Lipinski definition) is 0. The van der Waals surface area contributed by atoms with E-state index in [0.29, 0.717) is 18.4 Å². The number of unbranched alkanes of at least 4 members (excludes halogenated alkanes) is 4. The molecular weight excluding hydrogens is 353 g/mol. The number of hydrogen-bond acceptors (Lipinski definition) is 3. The molecule has 1 atom stereocenters. The predicted molar refractivity (Wildman–Crippen MR) is 90.4 cm³/mol. The normalized spacial score (nSPS) is 20.0. The van der Waals surface area contributed by atoms with Gasteiger partial charge in [0.05, 0.1) is 5.92 Å². The van der Waals surface area contributed by atoms with Crippen LogP contribution in [0.1, 0.15) is 51.9 Å². The molecule has 0 bridgehead atoms. The van der Waals surface area contributed by atoms with Crippen LogP contribution in [0.4, 0.5) is 0 Å². The summed E-state index contributed by atoms with van der Waals surface area (Å²) >= 11 is 17.5. The summed E-state index contributed by atoms with van der Waals surface area (Å²) in [7, 11) is 0. The van der Waals surface area contributed by atoms with E-state index in [1.807, 2.05) is 6.08 Å². The van der Waals surface area contributed by atoms with Crippen molar-refractivity contribution in [2.75, 3.05) is 0 Å². The van der Waals surface area contributed by atoms with E-state index in [1.165, 1.54) is 19.3 Å². The van der Waals surface area contributed by atoms with Crippen molar-refractivity contribution in [1.82, 2.24) is 4.31 Å². The molecule has 1 rings (SSSR count). The maximum Gasteiger partial charge on any atom is 0.256 e. The Kier molecular flexibility index (Phi) is 8.47. The van der Waals surface area contributed by atoms with Crippen LogP contribution in [0.5, 0.6) is 0 Å². The van der Waals surface area contributed by atoms with Crippen molar-refractivity contribution in [2.24, 2.45) is 5.92 Å². The van der Waals surface area contributed by atoms with Crippen molar-refractivity contribution in [3.05, 3.63) is 12.2 Å². The number of rotatable bonds is 8. The highest BCUT2D eigenvalue weighted by atomic mass is 35.6. The molecule has 0 N–H and O–H groups in total. The summed E-state index contributed by atoms with van der Waals surface area (Å²) in [5.41, 5.74) is 0. The summed E-state index contributed by atoms with van der Waals surface area (Å²) in [6.45, 7) is 2.18. The number of carbonyl (C=O) groups is 2. The van der Waals surface area contributed by atoms with E-state index in [2.05, 4.69) is 13.0 Å². The number of halogens is 3. The van der Waals surface area contributed by atoms with E-state index in [4.69, 9.17) is 34.8 Å². The first-order chi connectivity index (χ1) is 9.85. The third-order valence-electron chi connectivity index (χ3n) is 3.20. The van der Waals surface area contributed by atoms with Crippen molar-refractivity contribution in [3.63, 3.8) is 0 Å². The van der Waals surface area contributed by atoms with Crippen LogP contribution in [-0.4, -0.2) is 19.2 Å². The van der Waals surface area contributed by atoms with Crippen LogP contribution in [0.2, 0.25) is 0 Å². The fourth-order valence-electron chi connectivity index (χ4n) is 2.12. The van der Waals surface area contributed by atoms with Gasteiger partial charge in [-0.3, -0.25) is 9.59 Å². The number of imide groups is 1. The second-order valence-electron chi connectivity index (χ2n) is 5.02. The molecule has 0 saturated carbocycles. The van der Waals surface area contributed by atoms with Crippen LogP contribution in [-0.2, 0) is 9.59 Å². The number of carbonyl (C=O) groups excluding carboxylic acids is 2. The van der Waals surface area contributed by atoms with Gasteiger partial charge in [-0.05, 0) is 19.3 Å². The summed E-state index contributed by atoms with van der Waals surface area (Å²) in [6.07, 6.45) is 10.7. The topological polar surface area (TPSA) is 37.4 Å². The molecule has 2 amide bonds. The van der Waals surface area contributed by atoms with Crippen LogP contribution in [0, 0.1) is 5.92 Å². The smallest absolute Gasteiger partial charge is 0.256 e. The zero-order valence-corrected chi connectivity index (χ0v) is 15.1. The van der Waals surface area contributed by atoms with Crippen LogP contribution < -0.4 is 0 Å². The van der Waals surface area contributed by atoms with Gasteiger partial charge in [0.2, 0.25) is 11.8 Å². The lowest BCUT2D eigenvalue weighted by Crippen LogP contribution is -2.26. The Morgan fingerprint density at radius 2 is 1.95 bits per heavy atom. The average molecular weight is 373 g/mol. The zero-order chi connectivity index (χ0) is 15.9. The quantitative estimate of drug-likeness (QED) is 0.192. The van der Waals surface area contributed by atoms with E-state index in [1.54, 1.807) is 0 Å². The molecule has 0 radical (unpaired) electrons. The van der Waals surface area contributed by atoms with Crippen molar-refractivity contribution in [1.29, 1.82) is 0 Å². The molecule has 0 spiro atoms. The highest BCUT2D eigenvalue weighted by molar-refractivity contribution is 8.03. The Morgan fingerprint density at radius 1 is 1.24 bits per heavy atom. The Labute approximate surface area is 145 Å². The Hall–Kier alpha value is 0.1000. The summed E-state index contributed by atoms with van der Waals surface area (Å²) in [5.74, 6) is -0.895. The van der Waals surface area contributed by atoms with E-state index < -0.39 is 3.12 Å². The van der Waals surface area contributed by atoms with Gasteiger partial charge < -0.3 is 0 Å². The second kappa shape index (κ2) is 9.29. The molecule has 21 heavy (non-hydrogen) atoms. The fourth-order valence-corrected chi connectivity index (χ4v) is 3.36. The zero-order valence-electron chi connectivity index (χ0n) is 12.0. The molecule has 0 aliphatic carbocycles. The molecule has 120 valence electrons. The third-order valence-corrected chi connectivity index (χ3v) is 4.60. The SMILES string of the molecule is CCCCCCC=CCC1CC(=O)N(SC(Cl)(Cl)Cl)C1=O. The second-order valence-corrected chi connectivity index (χ2v) is 9.13. The largest absolute Gasteiger partial charge is 0.273 e. The third kappa shape index (κ3) is 7.27. The molecular formula is C14H20Cl3NO2S. The minimum absolute atomic E-state index is 0.187. The number of allylic oxidation sites excluding steroid dienone is 2. The van der Waals surface area contributed by atoms with Gasteiger partial charge in [0.15, 0.2) is 0 Å². The predicted octanol–water partition coefficient (Wildman–Crippen LogP) is 5.25. The molecule has 1 saturated heterocycles. The van der Waals surface area contributed by atoms with Crippen molar-refractivity contribution < 1.29 is 9.59 Å². The minimum atomic E-state index is -1.70. The molecule has 0 aromatic heterocycles. The monoisotopic (exact) mass is 371 g/mol. The van der Waals surface area contributed by atoms with Crippen LogP contribution in [0.3, 0.4) is 0 Å². The van der Waals surface area contributed by atoms with E-state index in [0.717, 1.165) is 17.1 Å². The summed E-state index contributed by atoms with van der Waals surface area (Å²) < 4.78 is -0.720. The highest BCUT2D eigenvalue weighted by Crippen LogP contribution is 2.44. The van der Waals surface area contributed by atoms with Crippen LogP contribution in [0.15, 0.2) is 12.2 Å². The molecule has 0 aromatic carbocycles. The first-order valence-electron chi connectivity index (χ1n) is 7.12. The maximum absolute atomic E-state index is 12.1. The first kappa shape index (κ1) is 19.1. The lowest BCUT2D eigenvalue weighted by atomic mass is 10.0.